The zero-order valence-electron chi connectivity index (χ0n) is 14.5. The van der Waals surface area contributed by atoms with Gasteiger partial charge in [-0.15, -0.1) is 0 Å². The van der Waals surface area contributed by atoms with Crippen LogP contribution in [-0.2, 0) is 6.18 Å². The lowest BCUT2D eigenvalue weighted by molar-refractivity contribution is -0.137. The van der Waals surface area contributed by atoms with Crippen molar-refractivity contribution < 1.29 is 13.2 Å². The van der Waals surface area contributed by atoms with Gasteiger partial charge in [0.2, 0.25) is 0 Å². The first-order valence-corrected chi connectivity index (χ1v) is 7.26. The maximum atomic E-state index is 12.9. The summed E-state index contributed by atoms with van der Waals surface area (Å²) in [6, 6.07) is 5.21. The number of likely N-dealkylation sites (N-methyl/N-ethyl adjacent to an activating group) is 1. The molecule has 0 spiro atoms. The van der Waals surface area contributed by atoms with Crippen molar-refractivity contribution in [1.29, 1.82) is 0 Å². The highest BCUT2D eigenvalue weighted by Gasteiger charge is 2.31. The molecule has 0 aromatic heterocycles. The third-order valence-corrected chi connectivity index (χ3v) is 3.43. The molecule has 0 aliphatic carbocycles. The summed E-state index contributed by atoms with van der Waals surface area (Å²) in [5.74, 6) is 0.767. The molecule has 0 amide bonds. The van der Waals surface area contributed by atoms with Gasteiger partial charge in [0.25, 0.3) is 0 Å². The molecule has 4 nitrogen and oxygen atoms in total. The van der Waals surface area contributed by atoms with Gasteiger partial charge in [-0.3, -0.25) is 4.99 Å². The fraction of sp³-hybridized carbons (Fsp3) is 0.562. The molecule has 1 atom stereocenters. The van der Waals surface area contributed by atoms with Gasteiger partial charge in [-0.2, -0.15) is 13.2 Å². The molecule has 7 heteroatoms. The van der Waals surface area contributed by atoms with Gasteiger partial charge in [0.05, 0.1) is 18.2 Å². The number of hydrogen-bond donors (Lipinski definition) is 0. The molecule has 1 rings (SSSR count). The van der Waals surface area contributed by atoms with Crippen LogP contribution in [0.25, 0.3) is 0 Å². The molecular formula is C16H25F3N4. The molecule has 0 aliphatic heterocycles. The topological polar surface area (TPSA) is 22.1 Å². The Morgan fingerprint density at radius 3 is 2.04 bits per heavy atom. The normalized spacial score (nSPS) is 13.0. The van der Waals surface area contributed by atoms with E-state index >= 15 is 0 Å². The van der Waals surface area contributed by atoms with E-state index in [0.29, 0.717) is 12.1 Å². The third-order valence-electron chi connectivity index (χ3n) is 3.43. The Labute approximate surface area is 136 Å². The summed E-state index contributed by atoms with van der Waals surface area (Å²) in [7, 11) is 11.2. The molecule has 0 aliphatic rings. The first-order valence-electron chi connectivity index (χ1n) is 7.26. The number of nitrogens with zero attached hydrogens (tertiary/aromatic N) is 4. The minimum absolute atomic E-state index is 0.229. The Morgan fingerprint density at radius 1 is 1.04 bits per heavy atom. The van der Waals surface area contributed by atoms with E-state index in [-0.39, 0.29) is 6.04 Å². The maximum absolute atomic E-state index is 12.9. The van der Waals surface area contributed by atoms with E-state index in [0.717, 1.165) is 12.0 Å². The molecule has 0 saturated heterocycles. The van der Waals surface area contributed by atoms with Gasteiger partial charge in [-0.1, -0.05) is 12.1 Å². The number of alkyl halides is 3. The second kappa shape index (κ2) is 7.68. The van der Waals surface area contributed by atoms with Crippen molar-refractivity contribution in [3.8, 4) is 0 Å². The molecule has 0 bridgehead atoms. The highest BCUT2D eigenvalue weighted by atomic mass is 19.4. The van der Waals surface area contributed by atoms with Crippen molar-refractivity contribution in [3.05, 3.63) is 35.4 Å². The van der Waals surface area contributed by atoms with Crippen LogP contribution < -0.4 is 0 Å². The molecule has 1 aromatic carbocycles. The van der Waals surface area contributed by atoms with E-state index in [1.807, 2.05) is 57.0 Å². The largest absolute Gasteiger partial charge is 0.416 e. The fourth-order valence-electron chi connectivity index (χ4n) is 2.34. The lowest BCUT2D eigenvalue weighted by atomic mass is 10.0. The SMILES string of the molecule is CN(C)C(=NCC(c1cccc(C(F)(F)F)c1)N(C)C)N(C)C. The number of benzene rings is 1. The monoisotopic (exact) mass is 330 g/mol. The van der Waals surface area contributed by atoms with Crippen molar-refractivity contribution in [2.45, 2.75) is 12.2 Å². The van der Waals surface area contributed by atoms with E-state index in [1.165, 1.54) is 12.1 Å². The van der Waals surface area contributed by atoms with Crippen LogP contribution in [0.4, 0.5) is 13.2 Å². The molecule has 130 valence electrons. The number of rotatable bonds is 4. The van der Waals surface area contributed by atoms with Gasteiger partial charge in [0, 0.05) is 28.2 Å². The zero-order chi connectivity index (χ0) is 17.8. The van der Waals surface area contributed by atoms with Gasteiger partial charge in [-0.05, 0) is 31.8 Å². The number of hydrogen-bond acceptors (Lipinski definition) is 2. The number of aliphatic imine (C=N–C) groups is 1. The highest BCUT2D eigenvalue weighted by Crippen LogP contribution is 2.31. The summed E-state index contributed by atoms with van der Waals surface area (Å²) >= 11 is 0. The van der Waals surface area contributed by atoms with Crippen molar-refractivity contribution in [3.63, 3.8) is 0 Å². The summed E-state index contributed by atoms with van der Waals surface area (Å²) in [5, 5.41) is 0. The standard InChI is InChI=1S/C16H25F3N4/c1-21(2)14(11-20-15(22(3)4)23(5)6)12-8-7-9-13(10-12)16(17,18)19/h7-10,14H,11H2,1-6H3. The average molecular weight is 330 g/mol. The van der Waals surface area contributed by atoms with Crippen LogP contribution in [0.5, 0.6) is 0 Å². The smallest absolute Gasteiger partial charge is 0.349 e. The molecule has 0 radical (unpaired) electrons. The average Bonchev–Trinajstić information content (AvgIpc) is 2.41. The Kier molecular flexibility index (Phi) is 6.44. The van der Waals surface area contributed by atoms with Crippen LogP contribution in [0.2, 0.25) is 0 Å². The minimum atomic E-state index is -4.34. The molecule has 0 N–H and O–H groups in total. The van der Waals surface area contributed by atoms with Crippen molar-refractivity contribution in [2.75, 3.05) is 48.8 Å². The zero-order valence-corrected chi connectivity index (χ0v) is 14.5. The number of guanidine groups is 1. The molecule has 1 aromatic rings. The first kappa shape index (κ1) is 19.3. The van der Waals surface area contributed by atoms with Crippen LogP contribution in [0.1, 0.15) is 17.2 Å². The molecule has 0 saturated carbocycles. The van der Waals surface area contributed by atoms with Crippen molar-refractivity contribution >= 4 is 5.96 Å². The van der Waals surface area contributed by atoms with E-state index in [4.69, 9.17) is 0 Å². The predicted octanol–water partition coefficient (Wildman–Crippen LogP) is 2.79. The lowest BCUT2D eigenvalue weighted by Gasteiger charge is -2.27. The van der Waals surface area contributed by atoms with E-state index in [1.54, 1.807) is 6.07 Å². The van der Waals surface area contributed by atoms with Crippen LogP contribution in [0, 0.1) is 0 Å². The Balaban J connectivity index is 3.11. The van der Waals surface area contributed by atoms with Crippen molar-refractivity contribution in [2.24, 2.45) is 4.99 Å². The Bertz CT molecular complexity index is 526. The first-order chi connectivity index (χ1) is 10.5. The molecule has 1 unspecified atom stereocenters. The molecule has 0 heterocycles. The highest BCUT2D eigenvalue weighted by molar-refractivity contribution is 5.79. The van der Waals surface area contributed by atoms with Crippen molar-refractivity contribution in [1.82, 2.24) is 14.7 Å². The van der Waals surface area contributed by atoms with Crippen LogP contribution in [0.3, 0.4) is 0 Å². The van der Waals surface area contributed by atoms with Crippen LogP contribution in [0.15, 0.2) is 29.3 Å². The van der Waals surface area contributed by atoms with Gasteiger partial charge in [-0.25, -0.2) is 0 Å². The summed E-state index contributed by atoms with van der Waals surface area (Å²) in [6.45, 7) is 0.375. The van der Waals surface area contributed by atoms with Gasteiger partial charge < -0.3 is 14.7 Å². The van der Waals surface area contributed by atoms with Crippen LogP contribution >= 0.6 is 0 Å². The third kappa shape index (κ3) is 5.42. The summed E-state index contributed by atoms with van der Waals surface area (Å²) in [4.78, 5) is 10.2. The van der Waals surface area contributed by atoms with Gasteiger partial charge in [0.15, 0.2) is 5.96 Å². The van der Waals surface area contributed by atoms with Gasteiger partial charge >= 0.3 is 6.18 Å². The second-order valence-corrected chi connectivity index (χ2v) is 6.03. The predicted molar refractivity (Wildman–Crippen MR) is 87.5 cm³/mol. The second-order valence-electron chi connectivity index (χ2n) is 6.03. The van der Waals surface area contributed by atoms with E-state index < -0.39 is 11.7 Å². The van der Waals surface area contributed by atoms with E-state index in [2.05, 4.69) is 4.99 Å². The number of halogens is 3. The summed E-state index contributed by atoms with van der Waals surface area (Å²) in [6.07, 6.45) is -4.34. The Morgan fingerprint density at radius 2 is 1.61 bits per heavy atom. The fourth-order valence-corrected chi connectivity index (χ4v) is 2.34. The minimum Gasteiger partial charge on any atom is -0.349 e. The molecular weight excluding hydrogens is 305 g/mol. The van der Waals surface area contributed by atoms with Crippen LogP contribution in [-0.4, -0.2) is 69.5 Å². The Hall–Kier alpha value is -1.76. The van der Waals surface area contributed by atoms with Gasteiger partial charge in [0.1, 0.15) is 0 Å². The maximum Gasteiger partial charge on any atom is 0.416 e. The lowest BCUT2D eigenvalue weighted by Crippen LogP contribution is -2.36. The quantitative estimate of drug-likeness (QED) is 0.626. The molecule has 23 heavy (non-hydrogen) atoms. The summed E-state index contributed by atoms with van der Waals surface area (Å²) < 4.78 is 38.7. The molecule has 0 fully saturated rings. The van der Waals surface area contributed by atoms with E-state index in [9.17, 15) is 13.2 Å². The summed E-state index contributed by atoms with van der Waals surface area (Å²) in [5.41, 5.74) is -0.0308.